The number of nitrogens with zero attached hydrogens (tertiary/aromatic N) is 2. The van der Waals surface area contributed by atoms with E-state index in [-0.39, 0.29) is 5.56 Å². The van der Waals surface area contributed by atoms with Crippen LogP contribution in [0.2, 0.25) is 0 Å². The van der Waals surface area contributed by atoms with Crippen molar-refractivity contribution in [3.8, 4) is 0 Å². The van der Waals surface area contributed by atoms with E-state index >= 15 is 0 Å². The van der Waals surface area contributed by atoms with Crippen molar-refractivity contribution in [3.63, 3.8) is 0 Å². The molecule has 2 fully saturated rings. The van der Waals surface area contributed by atoms with Gasteiger partial charge in [-0.2, -0.15) is 0 Å². The number of benzene rings is 2. The van der Waals surface area contributed by atoms with E-state index in [2.05, 4.69) is 53.4 Å². The molecule has 2 aromatic carbocycles. The van der Waals surface area contributed by atoms with Gasteiger partial charge in [0.2, 0.25) is 0 Å². The normalized spacial score (nSPS) is 18.0. The van der Waals surface area contributed by atoms with Gasteiger partial charge in [-0.3, -0.25) is 4.79 Å². The van der Waals surface area contributed by atoms with E-state index in [1.54, 1.807) is 4.57 Å². The Hall–Kier alpha value is -2.20. The average molecular weight is 391 g/mol. The summed E-state index contributed by atoms with van der Waals surface area (Å²) in [6.45, 7) is 2.03. The van der Waals surface area contributed by atoms with Crippen LogP contribution in [0.3, 0.4) is 0 Å². The highest BCUT2D eigenvalue weighted by Gasteiger charge is 2.26. The molecule has 0 N–H and O–H groups in total. The van der Waals surface area contributed by atoms with Crippen LogP contribution in [0.4, 0.5) is 5.69 Å². The zero-order valence-electron chi connectivity index (χ0n) is 16.3. The second-order valence-electron chi connectivity index (χ2n) is 8.10. The summed E-state index contributed by atoms with van der Waals surface area (Å²) in [5.74, 6) is 0.725. The van der Waals surface area contributed by atoms with E-state index in [0.717, 1.165) is 43.1 Å². The van der Waals surface area contributed by atoms with Gasteiger partial charge in [0, 0.05) is 41.7 Å². The molecule has 1 saturated heterocycles. The molecule has 2 heterocycles. The Morgan fingerprint density at radius 1 is 0.929 bits per heavy atom. The first kappa shape index (κ1) is 17.9. The summed E-state index contributed by atoms with van der Waals surface area (Å²) in [5.41, 5.74) is 3.70. The average Bonchev–Trinajstić information content (AvgIpc) is 3.57. The van der Waals surface area contributed by atoms with Crippen LogP contribution in [0.5, 0.6) is 0 Å². The van der Waals surface area contributed by atoms with Crippen molar-refractivity contribution < 1.29 is 0 Å². The van der Waals surface area contributed by atoms with Gasteiger partial charge in [-0.25, -0.2) is 0 Å². The Bertz CT molecular complexity index is 1050. The first-order chi connectivity index (χ1) is 13.7. The van der Waals surface area contributed by atoms with Gasteiger partial charge in [0.1, 0.15) is 0 Å². The second kappa shape index (κ2) is 7.32. The summed E-state index contributed by atoms with van der Waals surface area (Å²) in [6.07, 6.45) is 4.90. The number of pyridine rings is 1. The van der Waals surface area contributed by atoms with Gasteiger partial charge in [-0.15, -0.1) is 11.8 Å². The van der Waals surface area contributed by atoms with Gasteiger partial charge in [-0.1, -0.05) is 24.3 Å². The van der Waals surface area contributed by atoms with E-state index in [1.165, 1.54) is 28.7 Å². The molecule has 2 aliphatic rings. The highest BCUT2D eigenvalue weighted by Crippen LogP contribution is 2.42. The Morgan fingerprint density at radius 3 is 2.39 bits per heavy atom. The summed E-state index contributed by atoms with van der Waals surface area (Å²) in [4.78, 5) is 16.4. The Labute approximate surface area is 170 Å². The third kappa shape index (κ3) is 3.46. The molecule has 0 amide bonds. The molecule has 0 bridgehead atoms. The molecule has 0 radical (unpaired) electrons. The molecule has 3 aromatic rings. The summed E-state index contributed by atoms with van der Waals surface area (Å²) in [5, 5.41) is 1.89. The molecule has 144 valence electrons. The van der Waals surface area contributed by atoms with Gasteiger partial charge < -0.3 is 9.47 Å². The van der Waals surface area contributed by atoms with E-state index in [9.17, 15) is 4.79 Å². The van der Waals surface area contributed by atoms with Crippen molar-refractivity contribution in [2.75, 3.05) is 18.0 Å². The number of piperidine rings is 1. The van der Waals surface area contributed by atoms with Gasteiger partial charge in [-0.05, 0) is 61.4 Å². The van der Waals surface area contributed by atoms with E-state index < -0.39 is 0 Å². The molecule has 1 aliphatic heterocycles. The number of rotatable bonds is 4. The lowest BCUT2D eigenvalue weighted by atomic mass is 10.0. The second-order valence-corrected chi connectivity index (χ2v) is 9.47. The fraction of sp³-hybridized carbons (Fsp3) is 0.375. The minimum atomic E-state index is 0.0856. The molecule has 1 aromatic heterocycles. The maximum absolute atomic E-state index is 12.6. The Morgan fingerprint density at radius 2 is 1.68 bits per heavy atom. The van der Waals surface area contributed by atoms with Crippen molar-refractivity contribution in [3.05, 3.63) is 70.5 Å². The summed E-state index contributed by atoms with van der Waals surface area (Å²) < 4.78 is 1.79. The van der Waals surface area contributed by atoms with Gasteiger partial charge in [0.25, 0.3) is 5.56 Å². The number of fused-ring (bicyclic) bond motifs is 1. The number of hydrogen-bond donors (Lipinski definition) is 0. The maximum Gasteiger partial charge on any atom is 0.252 e. The zero-order chi connectivity index (χ0) is 19.1. The minimum absolute atomic E-state index is 0.0856. The largest absolute Gasteiger partial charge is 0.371 e. The first-order valence-corrected chi connectivity index (χ1v) is 11.2. The summed E-state index contributed by atoms with van der Waals surface area (Å²) in [6, 6.07) is 19.2. The molecule has 3 nitrogen and oxygen atoms in total. The van der Waals surface area contributed by atoms with Gasteiger partial charge >= 0.3 is 0 Å². The van der Waals surface area contributed by atoms with E-state index in [4.69, 9.17) is 0 Å². The fourth-order valence-electron chi connectivity index (χ4n) is 4.30. The van der Waals surface area contributed by atoms with Crippen LogP contribution in [0.25, 0.3) is 10.9 Å². The van der Waals surface area contributed by atoms with Crippen LogP contribution < -0.4 is 10.5 Å². The van der Waals surface area contributed by atoms with Gasteiger partial charge in [0.05, 0.1) is 11.2 Å². The predicted octanol–water partition coefficient (Wildman–Crippen LogP) is 5.18. The smallest absolute Gasteiger partial charge is 0.252 e. The standard InChI is InChI=1S/C24H26N2OS/c1-25-22-10-9-18(17-7-8-17)15-21(22)23(16-24(25)27)26-13-11-20(12-14-26)28-19-5-3-2-4-6-19/h2-6,9-10,15-17,20H,7-8,11-14H2,1H3. The number of anilines is 1. The molecule has 1 saturated carbocycles. The Kier molecular flexibility index (Phi) is 4.67. The van der Waals surface area contributed by atoms with E-state index in [1.807, 2.05) is 24.9 Å². The highest BCUT2D eigenvalue weighted by molar-refractivity contribution is 8.00. The van der Waals surface area contributed by atoms with Crippen LogP contribution in [0.15, 0.2) is 64.3 Å². The van der Waals surface area contributed by atoms with Crippen LogP contribution in [-0.2, 0) is 7.05 Å². The van der Waals surface area contributed by atoms with Crippen LogP contribution in [0, 0.1) is 0 Å². The first-order valence-electron chi connectivity index (χ1n) is 10.3. The summed E-state index contributed by atoms with van der Waals surface area (Å²) in [7, 11) is 1.88. The third-order valence-electron chi connectivity index (χ3n) is 6.13. The molecule has 1 aliphatic carbocycles. The molecular formula is C24H26N2OS. The molecule has 0 unspecified atom stereocenters. The number of aromatic nitrogens is 1. The van der Waals surface area contributed by atoms with Gasteiger partial charge in [0.15, 0.2) is 0 Å². The molecule has 28 heavy (non-hydrogen) atoms. The van der Waals surface area contributed by atoms with Crippen molar-refractivity contribution in [1.29, 1.82) is 0 Å². The lowest BCUT2D eigenvalue weighted by Gasteiger charge is -2.34. The minimum Gasteiger partial charge on any atom is -0.371 e. The third-order valence-corrected chi connectivity index (χ3v) is 7.48. The summed E-state index contributed by atoms with van der Waals surface area (Å²) >= 11 is 1.99. The van der Waals surface area contributed by atoms with E-state index in [0.29, 0.717) is 5.25 Å². The SMILES string of the molecule is Cn1c(=O)cc(N2CCC(Sc3ccccc3)CC2)c2cc(C3CC3)ccc21. The fourth-order valence-corrected chi connectivity index (χ4v) is 5.45. The lowest BCUT2D eigenvalue weighted by Crippen LogP contribution is -2.36. The quantitative estimate of drug-likeness (QED) is 0.614. The molecule has 5 rings (SSSR count). The van der Waals surface area contributed by atoms with Crippen LogP contribution in [-0.4, -0.2) is 22.9 Å². The number of thioether (sulfide) groups is 1. The van der Waals surface area contributed by atoms with Crippen molar-refractivity contribution in [2.24, 2.45) is 7.05 Å². The van der Waals surface area contributed by atoms with Crippen molar-refractivity contribution in [1.82, 2.24) is 4.57 Å². The van der Waals surface area contributed by atoms with Crippen LogP contribution >= 0.6 is 11.8 Å². The van der Waals surface area contributed by atoms with Crippen molar-refractivity contribution >= 4 is 28.4 Å². The molecular weight excluding hydrogens is 364 g/mol. The Balaban J connectivity index is 1.41. The van der Waals surface area contributed by atoms with Crippen molar-refractivity contribution in [2.45, 2.75) is 41.7 Å². The topological polar surface area (TPSA) is 25.2 Å². The molecule has 0 spiro atoms. The number of hydrogen-bond acceptors (Lipinski definition) is 3. The highest BCUT2D eigenvalue weighted by atomic mass is 32.2. The molecule has 4 heteroatoms. The zero-order valence-corrected chi connectivity index (χ0v) is 17.1. The maximum atomic E-state index is 12.6. The molecule has 0 atom stereocenters. The lowest BCUT2D eigenvalue weighted by molar-refractivity contribution is 0.591. The predicted molar refractivity (Wildman–Crippen MR) is 119 cm³/mol. The monoisotopic (exact) mass is 390 g/mol. The van der Waals surface area contributed by atoms with Crippen LogP contribution in [0.1, 0.15) is 37.2 Å². The number of aryl methyl sites for hydroxylation is 1.